The SMILES string of the molecule is CONC(=O)[C@@]1(CCC(=O)OC(C)(C)C)N=C(c2ccc(OCCCO)cc2)O[C@H]1C. The third-order valence-corrected chi connectivity index (χ3v) is 4.65. The standard InChI is InChI=1S/C22H32N2O7/c1-15-22(20(27)24-28-5,12-11-18(26)31-21(2,3)4)23-19(30-15)16-7-9-17(10-8-16)29-14-6-13-25/h7-10,15,25H,6,11-14H2,1-5H3,(H,24,27)/t15-,22-/m0/s1. The minimum absolute atomic E-state index is 0.00345. The van der Waals surface area contributed by atoms with Crippen LogP contribution >= 0.6 is 0 Å². The number of esters is 1. The van der Waals surface area contributed by atoms with Crippen molar-refractivity contribution in [2.75, 3.05) is 20.3 Å². The van der Waals surface area contributed by atoms with Gasteiger partial charge < -0.3 is 19.3 Å². The van der Waals surface area contributed by atoms with E-state index in [2.05, 4.69) is 10.5 Å². The van der Waals surface area contributed by atoms with Crippen LogP contribution in [0, 0.1) is 0 Å². The number of hydrogen-bond acceptors (Lipinski definition) is 8. The minimum atomic E-state index is -1.33. The highest BCUT2D eigenvalue weighted by Crippen LogP contribution is 2.34. The average molecular weight is 437 g/mol. The van der Waals surface area contributed by atoms with Crippen molar-refractivity contribution in [3.8, 4) is 5.75 Å². The molecule has 1 amide bonds. The largest absolute Gasteiger partial charge is 0.494 e. The first-order valence-electron chi connectivity index (χ1n) is 10.3. The van der Waals surface area contributed by atoms with Gasteiger partial charge in [-0.25, -0.2) is 10.5 Å². The Kier molecular flexibility index (Phi) is 8.41. The molecule has 0 aliphatic carbocycles. The molecule has 172 valence electrons. The van der Waals surface area contributed by atoms with Crippen molar-refractivity contribution in [2.24, 2.45) is 4.99 Å². The number of nitrogens with zero attached hydrogens (tertiary/aromatic N) is 1. The van der Waals surface area contributed by atoms with Gasteiger partial charge in [0.25, 0.3) is 5.91 Å². The minimum Gasteiger partial charge on any atom is -0.494 e. The molecule has 9 nitrogen and oxygen atoms in total. The fraction of sp³-hybridized carbons (Fsp3) is 0.591. The maximum absolute atomic E-state index is 12.8. The average Bonchev–Trinajstić information content (AvgIpc) is 3.04. The van der Waals surface area contributed by atoms with Gasteiger partial charge in [-0.15, -0.1) is 0 Å². The van der Waals surface area contributed by atoms with E-state index in [0.717, 1.165) is 0 Å². The van der Waals surface area contributed by atoms with Gasteiger partial charge in [-0.1, -0.05) is 0 Å². The van der Waals surface area contributed by atoms with Gasteiger partial charge in [0.15, 0.2) is 5.54 Å². The van der Waals surface area contributed by atoms with Crippen LogP contribution in [-0.2, 0) is 23.9 Å². The van der Waals surface area contributed by atoms with Crippen LogP contribution in [0.5, 0.6) is 5.75 Å². The lowest BCUT2D eigenvalue weighted by molar-refractivity contribution is -0.155. The van der Waals surface area contributed by atoms with Gasteiger partial charge >= 0.3 is 5.97 Å². The van der Waals surface area contributed by atoms with E-state index >= 15 is 0 Å². The number of ether oxygens (including phenoxy) is 3. The van der Waals surface area contributed by atoms with Gasteiger partial charge in [-0.2, -0.15) is 0 Å². The summed E-state index contributed by atoms with van der Waals surface area (Å²) in [5.74, 6) is 0.0318. The van der Waals surface area contributed by atoms with E-state index in [1.807, 2.05) is 0 Å². The van der Waals surface area contributed by atoms with Crippen LogP contribution in [0.25, 0.3) is 0 Å². The number of aliphatic hydroxyl groups excluding tert-OH is 1. The molecule has 1 aromatic rings. The highest BCUT2D eigenvalue weighted by molar-refractivity contribution is 6.00. The van der Waals surface area contributed by atoms with Crippen LogP contribution in [-0.4, -0.2) is 60.4 Å². The number of aliphatic imine (C=N–C) groups is 1. The molecule has 2 rings (SSSR count). The fourth-order valence-electron chi connectivity index (χ4n) is 3.12. The predicted molar refractivity (Wildman–Crippen MR) is 114 cm³/mol. The number of hydrogen-bond donors (Lipinski definition) is 2. The summed E-state index contributed by atoms with van der Waals surface area (Å²) in [6, 6.07) is 7.08. The molecule has 9 heteroatoms. The topological polar surface area (TPSA) is 116 Å². The molecule has 1 aliphatic heterocycles. The van der Waals surface area contributed by atoms with Crippen molar-refractivity contribution in [1.82, 2.24) is 5.48 Å². The lowest BCUT2D eigenvalue weighted by Gasteiger charge is -2.27. The van der Waals surface area contributed by atoms with Crippen LogP contribution < -0.4 is 10.2 Å². The smallest absolute Gasteiger partial charge is 0.306 e. The van der Waals surface area contributed by atoms with Crippen LogP contribution in [0.2, 0.25) is 0 Å². The molecule has 1 heterocycles. The summed E-state index contributed by atoms with van der Waals surface area (Å²) < 4.78 is 16.8. The fourth-order valence-corrected chi connectivity index (χ4v) is 3.12. The van der Waals surface area contributed by atoms with Crippen LogP contribution in [0.1, 0.15) is 52.5 Å². The molecule has 31 heavy (non-hydrogen) atoms. The zero-order valence-electron chi connectivity index (χ0n) is 18.8. The summed E-state index contributed by atoms with van der Waals surface area (Å²) >= 11 is 0. The van der Waals surface area contributed by atoms with Crippen LogP contribution in [0.3, 0.4) is 0 Å². The number of amides is 1. The molecule has 0 bridgehead atoms. The Hall–Kier alpha value is -2.65. The normalized spacial score (nSPS) is 20.6. The number of aliphatic hydroxyl groups is 1. The van der Waals surface area contributed by atoms with E-state index in [1.165, 1.54) is 7.11 Å². The number of carbonyl (C=O) groups is 2. The second-order valence-electron chi connectivity index (χ2n) is 8.27. The van der Waals surface area contributed by atoms with Gasteiger partial charge in [0.2, 0.25) is 5.90 Å². The molecule has 0 unspecified atom stereocenters. The molecule has 0 spiro atoms. The Morgan fingerprint density at radius 3 is 2.52 bits per heavy atom. The zero-order valence-corrected chi connectivity index (χ0v) is 18.8. The van der Waals surface area contributed by atoms with E-state index in [4.69, 9.17) is 24.2 Å². The number of carbonyl (C=O) groups excluding carboxylic acids is 2. The highest BCUT2D eigenvalue weighted by atomic mass is 16.6. The maximum atomic E-state index is 12.8. The van der Waals surface area contributed by atoms with E-state index in [1.54, 1.807) is 52.0 Å². The maximum Gasteiger partial charge on any atom is 0.306 e. The lowest BCUT2D eigenvalue weighted by atomic mass is 9.88. The summed E-state index contributed by atoms with van der Waals surface area (Å²) in [6.07, 6.45) is 0.0189. The number of benzene rings is 1. The molecule has 0 fully saturated rings. The number of hydroxylamine groups is 1. The Morgan fingerprint density at radius 1 is 1.26 bits per heavy atom. The van der Waals surface area contributed by atoms with Crippen molar-refractivity contribution in [2.45, 2.75) is 64.2 Å². The Bertz CT molecular complexity index is 786. The molecule has 0 saturated heterocycles. The highest BCUT2D eigenvalue weighted by Gasteiger charge is 2.50. The molecule has 2 N–H and O–H groups in total. The Morgan fingerprint density at radius 2 is 1.94 bits per heavy atom. The first kappa shape index (κ1) is 24.6. The molecule has 1 aromatic carbocycles. The molecule has 2 atom stereocenters. The summed E-state index contributed by atoms with van der Waals surface area (Å²) in [6.45, 7) is 7.56. The van der Waals surface area contributed by atoms with E-state index in [0.29, 0.717) is 30.2 Å². The first-order chi connectivity index (χ1) is 14.6. The predicted octanol–water partition coefficient (Wildman–Crippen LogP) is 2.15. The molecule has 1 aliphatic rings. The van der Waals surface area contributed by atoms with E-state index in [9.17, 15) is 9.59 Å². The molecular weight excluding hydrogens is 404 g/mol. The van der Waals surface area contributed by atoms with Gasteiger partial charge in [-0.3, -0.25) is 14.4 Å². The van der Waals surface area contributed by atoms with Gasteiger partial charge in [-0.05, 0) is 58.4 Å². The second kappa shape index (κ2) is 10.6. The summed E-state index contributed by atoms with van der Waals surface area (Å²) in [4.78, 5) is 34.5. The summed E-state index contributed by atoms with van der Waals surface area (Å²) in [5, 5.41) is 8.84. The van der Waals surface area contributed by atoms with Crippen molar-refractivity contribution in [3.63, 3.8) is 0 Å². The Labute approximate surface area is 182 Å². The third-order valence-electron chi connectivity index (χ3n) is 4.65. The number of rotatable bonds is 10. The summed E-state index contributed by atoms with van der Waals surface area (Å²) in [5.41, 5.74) is 1.04. The second-order valence-corrected chi connectivity index (χ2v) is 8.27. The molecule has 0 saturated carbocycles. The first-order valence-corrected chi connectivity index (χ1v) is 10.3. The summed E-state index contributed by atoms with van der Waals surface area (Å²) in [7, 11) is 1.33. The van der Waals surface area contributed by atoms with Crippen molar-refractivity contribution in [3.05, 3.63) is 29.8 Å². The van der Waals surface area contributed by atoms with Gasteiger partial charge in [0.1, 0.15) is 17.5 Å². The van der Waals surface area contributed by atoms with E-state index < -0.39 is 29.1 Å². The lowest BCUT2D eigenvalue weighted by Crippen LogP contribution is -2.51. The van der Waals surface area contributed by atoms with Gasteiger partial charge in [0, 0.05) is 25.0 Å². The third kappa shape index (κ3) is 6.67. The molecule has 0 radical (unpaired) electrons. The Balaban J connectivity index is 2.21. The van der Waals surface area contributed by atoms with Crippen LogP contribution in [0.15, 0.2) is 29.3 Å². The zero-order chi connectivity index (χ0) is 23.1. The van der Waals surface area contributed by atoms with E-state index in [-0.39, 0.29) is 19.4 Å². The van der Waals surface area contributed by atoms with Crippen molar-refractivity contribution in [1.29, 1.82) is 0 Å². The number of nitrogens with one attached hydrogen (secondary N) is 1. The van der Waals surface area contributed by atoms with Crippen molar-refractivity contribution < 1.29 is 33.7 Å². The quantitative estimate of drug-likeness (QED) is 0.328. The van der Waals surface area contributed by atoms with Crippen LogP contribution in [0.4, 0.5) is 0 Å². The monoisotopic (exact) mass is 436 g/mol. The van der Waals surface area contributed by atoms with Gasteiger partial charge in [0.05, 0.1) is 13.7 Å². The van der Waals surface area contributed by atoms with Crippen molar-refractivity contribution >= 4 is 17.8 Å². The molecular formula is C22H32N2O7. The molecule has 0 aromatic heterocycles.